The SMILES string of the molecule is COc1ccc(NC2=C(Sc3ccc(Cl)cc3)C(=O)N(c3cc(Cl)ccc3Cl)C2=O)cc1Cl. The Balaban J connectivity index is 1.77. The molecule has 0 fully saturated rings. The van der Waals surface area contributed by atoms with E-state index in [1.165, 1.54) is 19.2 Å². The molecule has 0 aliphatic carbocycles. The molecule has 3 aromatic carbocycles. The Bertz CT molecular complexity index is 1300. The maximum atomic E-state index is 13.4. The van der Waals surface area contributed by atoms with Gasteiger partial charge in [0, 0.05) is 20.6 Å². The van der Waals surface area contributed by atoms with Crippen LogP contribution in [0.25, 0.3) is 0 Å². The molecular weight excluding hydrogens is 526 g/mol. The summed E-state index contributed by atoms with van der Waals surface area (Å²) >= 11 is 25.7. The fourth-order valence-corrected chi connectivity index (χ4v) is 4.78. The number of imide groups is 1. The number of nitrogens with zero attached hydrogens (tertiary/aromatic N) is 1. The van der Waals surface area contributed by atoms with Crippen molar-refractivity contribution in [3.05, 3.63) is 91.4 Å². The van der Waals surface area contributed by atoms with Crippen molar-refractivity contribution in [1.82, 2.24) is 0 Å². The van der Waals surface area contributed by atoms with Crippen LogP contribution in [-0.2, 0) is 9.59 Å². The summed E-state index contributed by atoms with van der Waals surface area (Å²) in [6, 6.07) is 16.4. The highest BCUT2D eigenvalue weighted by molar-refractivity contribution is 8.04. The van der Waals surface area contributed by atoms with E-state index in [4.69, 9.17) is 51.1 Å². The van der Waals surface area contributed by atoms with E-state index in [0.29, 0.717) is 26.5 Å². The van der Waals surface area contributed by atoms with Crippen molar-refractivity contribution in [2.75, 3.05) is 17.3 Å². The van der Waals surface area contributed by atoms with Gasteiger partial charge in [0.25, 0.3) is 11.8 Å². The molecule has 1 aliphatic heterocycles. The van der Waals surface area contributed by atoms with Crippen LogP contribution < -0.4 is 15.0 Å². The molecule has 1 aliphatic rings. The second-order valence-electron chi connectivity index (χ2n) is 6.78. The average Bonchev–Trinajstić information content (AvgIpc) is 3.01. The number of methoxy groups -OCH3 is 1. The number of nitrogens with one attached hydrogen (secondary N) is 1. The lowest BCUT2D eigenvalue weighted by Crippen LogP contribution is -2.32. The summed E-state index contributed by atoms with van der Waals surface area (Å²) in [5, 5.41) is 4.49. The molecule has 168 valence electrons. The molecule has 4 rings (SSSR count). The van der Waals surface area contributed by atoms with Crippen molar-refractivity contribution in [3.63, 3.8) is 0 Å². The zero-order valence-corrected chi connectivity index (χ0v) is 20.7. The third kappa shape index (κ3) is 4.95. The van der Waals surface area contributed by atoms with Crippen molar-refractivity contribution in [3.8, 4) is 5.75 Å². The lowest BCUT2D eigenvalue weighted by Gasteiger charge is -2.17. The molecule has 0 atom stereocenters. The highest BCUT2D eigenvalue weighted by atomic mass is 35.5. The van der Waals surface area contributed by atoms with Crippen LogP contribution >= 0.6 is 58.2 Å². The topological polar surface area (TPSA) is 58.6 Å². The summed E-state index contributed by atoms with van der Waals surface area (Å²) in [4.78, 5) is 28.8. The van der Waals surface area contributed by atoms with Gasteiger partial charge in [-0.15, -0.1) is 0 Å². The van der Waals surface area contributed by atoms with Crippen molar-refractivity contribution in [2.45, 2.75) is 4.90 Å². The van der Waals surface area contributed by atoms with Crippen LogP contribution in [0.4, 0.5) is 11.4 Å². The summed E-state index contributed by atoms with van der Waals surface area (Å²) in [6.45, 7) is 0. The van der Waals surface area contributed by atoms with Gasteiger partial charge in [-0.05, 0) is 60.7 Å². The van der Waals surface area contributed by atoms with E-state index in [1.807, 2.05) is 0 Å². The second kappa shape index (κ2) is 9.87. The van der Waals surface area contributed by atoms with Gasteiger partial charge in [0.05, 0.1) is 22.8 Å². The Morgan fingerprint density at radius 3 is 2.18 bits per heavy atom. The number of carbonyl (C=O) groups is 2. The maximum Gasteiger partial charge on any atom is 0.283 e. The Hall–Kier alpha value is -2.35. The first kappa shape index (κ1) is 23.8. The number of halogens is 4. The molecule has 0 saturated carbocycles. The van der Waals surface area contributed by atoms with Crippen molar-refractivity contribution in [1.29, 1.82) is 0 Å². The molecule has 0 spiro atoms. The smallest absolute Gasteiger partial charge is 0.283 e. The van der Waals surface area contributed by atoms with Gasteiger partial charge in [0.1, 0.15) is 16.4 Å². The molecule has 3 aromatic rings. The highest BCUT2D eigenvalue weighted by Gasteiger charge is 2.41. The molecule has 5 nitrogen and oxygen atoms in total. The summed E-state index contributed by atoms with van der Waals surface area (Å²) < 4.78 is 5.17. The van der Waals surface area contributed by atoms with Crippen LogP contribution in [-0.4, -0.2) is 18.9 Å². The number of carbonyl (C=O) groups excluding carboxylic acids is 2. The number of ether oxygens (including phenoxy) is 1. The number of anilines is 2. The van der Waals surface area contributed by atoms with E-state index in [1.54, 1.807) is 48.5 Å². The minimum absolute atomic E-state index is 0.0808. The van der Waals surface area contributed by atoms with Gasteiger partial charge < -0.3 is 10.1 Å². The lowest BCUT2D eigenvalue weighted by molar-refractivity contribution is -0.120. The molecule has 1 heterocycles. The Kier molecular flexibility index (Phi) is 7.12. The molecule has 0 radical (unpaired) electrons. The summed E-state index contributed by atoms with van der Waals surface area (Å²) in [6.07, 6.45) is 0. The van der Waals surface area contributed by atoms with Gasteiger partial charge in [-0.1, -0.05) is 58.2 Å². The molecule has 10 heteroatoms. The molecule has 1 N–H and O–H groups in total. The second-order valence-corrected chi connectivity index (χ2v) is 9.55. The monoisotopic (exact) mass is 538 g/mol. The molecule has 2 amide bonds. The Morgan fingerprint density at radius 2 is 1.52 bits per heavy atom. The molecule has 0 aromatic heterocycles. The van der Waals surface area contributed by atoms with Crippen LogP contribution in [0.15, 0.2) is 76.2 Å². The van der Waals surface area contributed by atoms with Gasteiger partial charge in [-0.2, -0.15) is 0 Å². The van der Waals surface area contributed by atoms with Crippen molar-refractivity contribution in [2.24, 2.45) is 0 Å². The van der Waals surface area contributed by atoms with Crippen LogP contribution in [0.3, 0.4) is 0 Å². The first-order valence-electron chi connectivity index (χ1n) is 9.40. The van der Waals surface area contributed by atoms with E-state index in [0.717, 1.165) is 21.6 Å². The zero-order chi connectivity index (χ0) is 23.7. The summed E-state index contributed by atoms with van der Waals surface area (Å²) in [7, 11) is 1.50. The third-order valence-corrected chi connectivity index (χ3v) is 6.84. The van der Waals surface area contributed by atoms with E-state index in [2.05, 4.69) is 5.32 Å². The zero-order valence-electron chi connectivity index (χ0n) is 16.9. The van der Waals surface area contributed by atoms with Gasteiger partial charge in [0.15, 0.2) is 0 Å². The standard InChI is InChI=1S/C23H14Cl4N2O3S/c1-32-19-9-5-14(11-17(19)27)28-20-21(33-15-6-2-12(24)3-7-15)23(31)29(22(20)30)18-10-13(25)4-8-16(18)26/h2-11,28H,1H3. The highest BCUT2D eigenvalue weighted by Crippen LogP contribution is 2.41. The predicted octanol–water partition coefficient (Wildman–Crippen LogP) is 7.30. The van der Waals surface area contributed by atoms with Gasteiger partial charge in [-0.25, -0.2) is 4.90 Å². The first-order valence-corrected chi connectivity index (χ1v) is 11.7. The number of rotatable bonds is 6. The Morgan fingerprint density at radius 1 is 0.818 bits per heavy atom. The third-order valence-electron chi connectivity index (χ3n) is 4.65. The summed E-state index contributed by atoms with van der Waals surface area (Å²) in [5.41, 5.74) is 0.778. The van der Waals surface area contributed by atoms with Crippen molar-refractivity contribution < 1.29 is 14.3 Å². The fraction of sp³-hybridized carbons (Fsp3) is 0.0435. The molecule has 33 heavy (non-hydrogen) atoms. The van der Waals surface area contributed by atoms with E-state index in [9.17, 15) is 9.59 Å². The number of benzene rings is 3. The van der Waals surface area contributed by atoms with E-state index in [-0.39, 0.29) is 21.3 Å². The average molecular weight is 540 g/mol. The summed E-state index contributed by atoms with van der Waals surface area (Å²) in [5.74, 6) is -0.632. The number of hydrogen-bond donors (Lipinski definition) is 1. The molecule has 0 unspecified atom stereocenters. The van der Waals surface area contributed by atoms with E-state index < -0.39 is 11.8 Å². The maximum absolute atomic E-state index is 13.4. The lowest BCUT2D eigenvalue weighted by atomic mass is 10.2. The van der Waals surface area contributed by atoms with Crippen LogP contribution in [0, 0.1) is 0 Å². The van der Waals surface area contributed by atoms with Crippen LogP contribution in [0.2, 0.25) is 20.1 Å². The van der Waals surface area contributed by atoms with Gasteiger partial charge >= 0.3 is 0 Å². The van der Waals surface area contributed by atoms with Crippen LogP contribution in [0.5, 0.6) is 5.75 Å². The minimum Gasteiger partial charge on any atom is -0.495 e. The number of thioether (sulfide) groups is 1. The number of hydrogen-bond acceptors (Lipinski definition) is 5. The molecular formula is C23H14Cl4N2O3S. The number of amides is 2. The van der Waals surface area contributed by atoms with Gasteiger partial charge in [0.2, 0.25) is 0 Å². The predicted molar refractivity (Wildman–Crippen MR) is 135 cm³/mol. The van der Waals surface area contributed by atoms with E-state index >= 15 is 0 Å². The molecule has 0 saturated heterocycles. The molecule has 0 bridgehead atoms. The minimum atomic E-state index is -0.576. The van der Waals surface area contributed by atoms with Gasteiger partial charge in [-0.3, -0.25) is 9.59 Å². The quantitative estimate of drug-likeness (QED) is 0.333. The largest absolute Gasteiger partial charge is 0.495 e. The normalized spacial score (nSPS) is 13.7. The van der Waals surface area contributed by atoms with Crippen LogP contribution in [0.1, 0.15) is 0 Å². The first-order chi connectivity index (χ1) is 15.8. The Labute approximate surface area is 214 Å². The fourth-order valence-electron chi connectivity index (χ4n) is 3.10. The van der Waals surface area contributed by atoms with Crippen molar-refractivity contribution >= 4 is 81.4 Å².